The summed E-state index contributed by atoms with van der Waals surface area (Å²) in [5, 5.41) is 12.9. The Kier molecular flexibility index (Phi) is 5.46. The third-order valence-corrected chi connectivity index (χ3v) is 8.05. The number of aliphatic hydroxyl groups is 1. The zero-order valence-corrected chi connectivity index (χ0v) is 18.1. The second-order valence-electron chi connectivity index (χ2n) is 8.24. The third kappa shape index (κ3) is 3.90. The molecule has 1 amide bonds. The summed E-state index contributed by atoms with van der Waals surface area (Å²) >= 11 is 0. The maximum absolute atomic E-state index is 13.3. The standard InChI is InChI=1S/C22H24N4O5S/c27-19-9-17-13-31-14-18(10-19)26(17)32(29,30)20-4-1-15(2-5-20)11-24-22(28)16-3-6-21-23-7-8-25(21)12-16/h1-8,12,17-19,27H,9-11,13-14H2,(H,24,28). The molecule has 2 aromatic heterocycles. The summed E-state index contributed by atoms with van der Waals surface area (Å²) in [6, 6.07) is 9.32. The van der Waals surface area contributed by atoms with E-state index in [1.807, 2.05) is 0 Å². The smallest absolute Gasteiger partial charge is 0.253 e. The van der Waals surface area contributed by atoms with Crippen LogP contribution in [0.25, 0.3) is 5.65 Å². The van der Waals surface area contributed by atoms with Crippen LogP contribution in [0.15, 0.2) is 59.9 Å². The molecule has 3 aromatic rings. The second kappa shape index (κ2) is 8.28. The van der Waals surface area contributed by atoms with Crippen LogP contribution >= 0.6 is 0 Å². The molecule has 2 fully saturated rings. The number of sulfonamides is 1. The van der Waals surface area contributed by atoms with Gasteiger partial charge in [0.25, 0.3) is 5.91 Å². The molecular formula is C22H24N4O5S. The first-order valence-corrected chi connectivity index (χ1v) is 11.9. The molecule has 2 saturated heterocycles. The van der Waals surface area contributed by atoms with Crippen molar-refractivity contribution in [1.82, 2.24) is 19.0 Å². The van der Waals surface area contributed by atoms with Crippen LogP contribution in [0.5, 0.6) is 0 Å². The highest BCUT2D eigenvalue weighted by atomic mass is 32.2. The van der Waals surface area contributed by atoms with E-state index in [4.69, 9.17) is 4.74 Å². The van der Waals surface area contributed by atoms with Gasteiger partial charge in [0.2, 0.25) is 10.0 Å². The minimum atomic E-state index is -3.70. The van der Waals surface area contributed by atoms with Crippen molar-refractivity contribution < 1.29 is 23.1 Å². The summed E-state index contributed by atoms with van der Waals surface area (Å²) in [6.45, 7) is 0.861. The van der Waals surface area contributed by atoms with Gasteiger partial charge in [-0.1, -0.05) is 12.1 Å². The largest absolute Gasteiger partial charge is 0.393 e. The van der Waals surface area contributed by atoms with Gasteiger partial charge < -0.3 is 19.6 Å². The number of nitrogens with zero attached hydrogens (tertiary/aromatic N) is 3. The van der Waals surface area contributed by atoms with Crippen LogP contribution in [-0.2, 0) is 21.3 Å². The molecule has 2 aliphatic heterocycles. The molecule has 0 radical (unpaired) electrons. The van der Waals surface area contributed by atoms with Crippen molar-refractivity contribution in [3.8, 4) is 0 Å². The lowest BCUT2D eigenvalue weighted by Crippen LogP contribution is -2.59. The summed E-state index contributed by atoms with van der Waals surface area (Å²) in [4.78, 5) is 16.8. The Morgan fingerprint density at radius 3 is 2.56 bits per heavy atom. The van der Waals surface area contributed by atoms with E-state index < -0.39 is 16.1 Å². The number of hydrogen-bond donors (Lipinski definition) is 2. The number of nitrogens with one attached hydrogen (secondary N) is 1. The van der Waals surface area contributed by atoms with Crippen LogP contribution in [-0.4, -0.2) is 64.5 Å². The molecule has 0 aliphatic carbocycles. The highest BCUT2D eigenvalue weighted by molar-refractivity contribution is 7.89. The molecule has 2 aliphatic rings. The number of piperidine rings is 1. The lowest BCUT2D eigenvalue weighted by Gasteiger charge is -2.46. The quantitative estimate of drug-likeness (QED) is 0.596. The molecule has 1 aromatic carbocycles. The number of fused-ring (bicyclic) bond motifs is 3. The lowest BCUT2D eigenvalue weighted by atomic mass is 9.95. The monoisotopic (exact) mass is 456 g/mol. The molecule has 2 bridgehead atoms. The average Bonchev–Trinajstić information content (AvgIpc) is 3.25. The molecule has 2 atom stereocenters. The van der Waals surface area contributed by atoms with Gasteiger partial charge >= 0.3 is 0 Å². The zero-order valence-electron chi connectivity index (χ0n) is 17.3. The number of hydrogen-bond acceptors (Lipinski definition) is 6. The normalized spacial score (nSPS) is 23.8. The van der Waals surface area contributed by atoms with E-state index >= 15 is 0 Å². The first-order chi connectivity index (χ1) is 15.4. The van der Waals surface area contributed by atoms with Gasteiger partial charge in [0, 0.05) is 25.1 Å². The van der Waals surface area contributed by atoms with Crippen LogP contribution in [0.3, 0.4) is 0 Å². The predicted octanol–water partition coefficient (Wildman–Crippen LogP) is 1.18. The summed E-state index contributed by atoms with van der Waals surface area (Å²) < 4.78 is 35.3. The van der Waals surface area contributed by atoms with Gasteiger partial charge in [0.1, 0.15) is 5.65 Å². The molecule has 9 nitrogen and oxygen atoms in total. The van der Waals surface area contributed by atoms with Gasteiger partial charge in [-0.05, 0) is 42.7 Å². The Bertz CT molecular complexity index is 1230. The van der Waals surface area contributed by atoms with Crippen molar-refractivity contribution in [1.29, 1.82) is 0 Å². The van der Waals surface area contributed by atoms with Crippen molar-refractivity contribution in [3.63, 3.8) is 0 Å². The van der Waals surface area contributed by atoms with Crippen LogP contribution in [0, 0.1) is 0 Å². The molecule has 4 heterocycles. The van der Waals surface area contributed by atoms with E-state index in [0.717, 1.165) is 11.2 Å². The Balaban J connectivity index is 1.27. The van der Waals surface area contributed by atoms with Crippen molar-refractivity contribution >= 4 is 21.6 Å². The maximum atomic E-state index is 13.3. The van der Waals surface area contributed by atoms with Gasteiger partial charge in [0.05, 0.1) is 41.9 Å². The number of imidazole rings is 1. The molecule has 2 N–H and O–H groups in total. The number of pyridine rings is 1. The van der Waals surface area contributed by atoms with E-state index in [1.165, 1.54) is 4.31 Å². The summed E-state index contributed by atoms with van der Waals surface area (Å²) in [6.07, 6.45) is 5.41. The fourth-order valence-corrected chi connectivity index (χ4v) is 6.29. The van der Waals surface area contributed by atoms with E-state index in [-0.39, 0.29) is 29.4 Å². The third-order valence-electron chi connectivity index (χ3n) is 6.03. The van der Waals surface area contributed by atoms with Gasteiger partial charge in [-0.15, -0.1) is 0 Å². The van der Waals surface area contributed by atoms with Crippen LogP contribution in [0.1, 0.15) is 28.8 Å². The highest BCUT2D eigenvalue weighted by Gasteiger charge is 2.45. The Morgan fingerprint density at radius 1 is 1.12 bits per heavy atom. The number of aliphatic hydroxyl groups excluding tert-OH is 1. The Labute approximate surface area is 185 Å². The maximum Gasteiger partial charge on any atom is 0.253 e. The first-order valence-electron chi connectivity index (χ1n) is 10.5. The molecule has 32 heavy (non-hydrogen) atoms. The molecule has 2 unspecified atom stereocenters. The van der Waals surface area contributed by atoms with Gasteiger partial charge in [-0.2, -0.15) is 4.31 Å². The Hall–Kier alpha value is -2.79. The predicted molar refractivity (Wildman–Crippen MR) is 115 cm³/mol. The van der Waals surface area contributed by atoms with Gasteiger partial charge in [-0.25, -0.2) is 13.4 Å². The van der Waals surface area contributed by atoms with E-state index in [9.17, 15) is 18.3 Å². The summed E-state index contributed by atoms with van der Waals surface area (Å²) in [5.74, 6) is -0.225. The number of benzene rings is 1. The van der Waals surface area contributed by atoms with E-state index in [2.05, 4.69) is 10.3 Å². The SMILES string of the molecule is O=C(NCc1ccc(S(=O)(=O)N2C3COCC2CC(O)C3)cc1)c1ccc2nccn2c1. The van der Waals surface area contributed by atoms with Crippen LogP contribution < -0.4 is 5.32 Å². The van der Waals surface area contributed by atoms with E-state index in [1.54, 1.807) is 59.4 Å². The van der Waals surface area contributed by atoms with Crippen LogP contribution in [0.4, 0.5) is 0 Å². The topological polar surface area (TPSA) is 113 Å². The second-order valence-corrected chi connectivity index (χ2v) is 10.1. The minimum Gasteiger partial charge on any atom is -0.393 e. The highest BCUT2D eigenvalue weighted by Crippen LogP contribution is 2.33. The lowest BCUT2D eigenvalue weighted by molar-refractivity contribution is -0.0666. The number of aromatic nitrogens is 2. The van der Waals surface area contributed by atoms with Gasteiger partial charge in [0.15, 0.2) is 0 Å². The summed E-state index contributed by atoms with van der Waals surface area (Å²) in [7, 11) is -3.70. The number of amides is 1. The van der Waals surface area contributed by atoms with E-state index in [0.29, 0.717) is 31.6 Å². The van der Waals surface area contributed by atoms with Crippen molar-refractivity contribution in [2.45, 2.75) is 42.5 Å². The molecular weight excluding hydrogens is 432 g/mol. The molecule has 168 valence electrons. The molecule has 10 heteroatoms. The minimum absolute atomic E-state index is 0.200. The number of morpholine rings is 1. The first kappa shape index (κ1) is 21.1. The fourth-order valence-electron chi connectivity index (χ4n) is 4.49. The summed E-state index contributed by atoms with van der Waals surface area (Å²) in [5.41, 5.74) is 2.06. The van der Waals surface area contributed by atoms with Crippen LogP contribution in [0.2, 0.25) is 0 Å². The van der Waals surface area contributed by atoms with Gasteiger partial charge in [-0.3, -0.25) is 4.79 Å². The fraction of sp³-hybridized carbons (Fsp3) is 0.364. The molecule has 5 rings (SSSR count). The van der Waals surface area contributed by atoms with Crippen molar-refractivity contribution in [2.75, 3.05) is 13.2 Å². The number of rotatable bonds is 5. The number of carbonyl (C=O) groups is 1. The molecule has 0 spiro atoms. The number of ether oxygens (including phenoxy) is 1. The average molecular weight is 457 g/mol. The molecule has 0 saturated carbocycles. The number of carbonyl (C=O) groups excluding carboxylic acids is 1. The van der Waals surface area contributed by atoms with Crippen molar-refractivity contribution in [2.24, 2.45) is 0 Å². The Morgan fingerprint density at radius 2 is 1.84 bits per heavy atom. The van der Waals surface area contributed by atoms with Crippen molar-refractivity contribution in [3.05, 3.63) is 66.1 Å². The zero-order chi connectivity index (χ0) is 22.3.